The van der Waals surface area contributed by atoms with Crippen LogP contribution in [0.15, 0.2) is 73.3 Å². The maximum absolute atomic E-state index is 13.8. The molecule has 4 heterocycles. The molecule has 0 spiro atoms. The first-order valence-corrected chi connectivity index (χ1v) is 12.2. The van der Waals surface area contributed by atoms with Gasteiger partial charge in [-0.1, -0.05) is 12.1 Å². The lowest BCUT2D eigenvalue weighted by atomic mass is 9.50. The molecule has 4 aromatic heterocycles. The Bertz CT molecular complexity index is 1160. The molecule has 0 saturated heterocycles. The predicted molar refractivity (Wildman–Crippen MR) is 128 cm³/mol. The van der Waals surface area contributed by atoms with Crippen molar-refractivity contribution in [2.45, 2.75) is 25.7 Å². The average Bonchev–Trinajstić information content (AvgIpc) is 3.43. The largest absolute Gasteiger partial charge is 0.293 e. The molecule has 4 aromatic rings. The predicted octanol–water partition coefficient (Wildman–Crippen LogP) is 6.10. The fourth-order valence-electron chi connectivity index (χ4n) is 4.84. The van der Waals surface area contributed by atoms with E-state index in [2.05, 4.69) is 9.97 Å². The number of hydrogen-bond acceptors (Lipinski definition) is 6. The first kappa shape index (κ1) is 20.9. The number of pyridine rings is 2. The van der Waals surface area contributed by atoms with Gasteiger partial charge in [-0.05, 0) is 61.4 Å². The van der Waals surface area contributed by atoms with Crippen molar-refractivity contribution in [3.8, 4) is 0 Å². The maximum atomic E-state index is 13.8. The molecule has 1 fully saturated rings. The maximum Gasteiger partial charge on any atom is 0.177 e. The molecule has 32 heavy (non-hydrogen) atoms. The molecule has 0 amide bonds. The fraction of sp³-hybridized carbons (Fsp3) is 0.231. The molecule has 0 N–H and O–H groups in total. The number of Topliss-reactive ketones (excluding diaryl/α,β-unsaturated/α-hetero) is 2. The van der Waals surface area contributed by atoms with Crippen LogP contribution >= 0.6 is 22.7 Å². The van der Waals surface area contributed by atoms with Gasteiger partial charge >= 0.3 is 0 Å². The molecular weight excluding hydrogens is 436 g/mol. The third kappa shape index (κ3) is 3.63. The summed E-state index contributed by atoms with van der Waals surface area (Å²) >= 11 is 2.99. The highest BCUT2D eigenvalue weighted by Crippen LogP contribution is 2.59. The Morgan fingerprint density at radius 1 is 0.688 bits per heavy atom. The summed E-state index contributed by atoms with van der Waals surface area (Å²) in [7, 11) is 0. The fourth-order valence-corrected chi connectivity index (χ4v) is 6.55. The Hall–Kier alpha value is -2.96. The summed E-state index contributed by atoms with van der Waals surface area (Å²) in [6.07, 6.45) is 7.11. The first-order valence-electron chi connectivity index (χ1n) is 10.6. The highest BCUT2D eigenvalue weighted by molar-refractivity contribution is 7.14. The molecule has 0 unspecified atom stereocenters. The number of aryl methyl sites for hydroxylation is 2. The monoisotopic (exact) mass is 458 g/mol. The highest BCUT2D eigenvalue weighted by Gasteiger charge is 2.58. The molecule has 0 radical (unpaired) electrons. The minimum atomic E-state index is -0.433. The van der Waals surface area contributed by atoms with Crippen LogP contribution in [-0.2, 0) is 0 Å². The highest BCUT2D eigenvalue weighted by atomic mass is 32.1. The Balaban J connectivity index is 1.64. The normalized spacial score (nSPS) is 22.3. The van der Waals surface area contributed by atoms with E-state index in [1.54, 1.807) is 12.4 Å². The Morgan fingerprint density at radius 2 is 1.12 bits per heavy atom. The van der Waals surface area contributed by atoms with E-state index in [-0.39, 0.29) is 23.4 Å². The van der Waals surface area contributed by atoms with E-state index in [1.165, 1.54) is 22.7 Å². The van der Waals surface area contributed by atoms with Gasteiger partial charge in [-0.2, -0.15) is 0 Å². The molecular formula is C26H22N2O2S2. The van der Waals surface area contributed by atoms with Crippen molar-refractivity contribution in [3.05, 3.63) is 104 Å². The molecule has 1 aliphatic carbocycles. The molecule has 0 bridgehead atoms. The number of aromatic nitrogens is 2. The van der Waals surface area contributed by atoms with E-state index in [4.69, 9.17) is 0 Å². The zero-order chi connectivity index (χ0) is 22.2. The van der Waals surface area contributed by atoms with Crippen LogP contribution in [0.4, 0.5) is 0 Å². The Morgan fingerprint density at radius 3 is 1.44 bits per heavy atom. The van der Waals surface area contributed by atoms with E-state index < -0.39 is 11.8 Å². The number of nitrogens with zero attached hydrogens (tertiary/aromatic N) is 2. The van der Waals surface area contributed by atoms with E-state index in [1.807, 2.05) is 74.8 Å². The molecule has 1 aliphatic rings. The molecule has 4 atom stereocenters. The average molecular weight is 459 g/mol. The third-order valence-corrected chi connectivity index (χ3v) is 8.29. The van der Waals surface area contributed by atoms with Gasteiger partial charge in [0.25, 0.3) is 0 Å². The first-order chi connectivity index (χ1) is 15.5. The van der Waals surface area contributed by atoms with Crippen LogP contribution in [0.3, 0.4) is 0 Å². The number of carbonyl (C=O) groups is 2. The van der Waals surface area contributed by atoms with Gasteiger partial charge in [0.15, 0.2) is 11.6 Å². The Kier molecular flexibility index (Phi) is 5.57. The molecule has 4 nitrogen and oxygen atoms in total. The van der Waals surface area contributed by atoms with Crippen molar-refractivity contribution in [2.75, 3.05) is 0 Å². The van der Waals surface area contributed by atoms with Gasteiger partial charge < -0.3 is 0 Å². The lowest BCUT2D eigenvalue weighted by Crippen LogP contribution is -2.51. The molecule has 0 aromatic carbocycles. The van der Waals surface area contributed by atoms with Gasteiger partial charge in [-0.3, -0.25) is 19.6 Å². The standard InChI is InChI=1S/C26H22N2O2S2/c1-15-7-9-19(31-15)25(29)23-21(17-5-3-11-27-13-17)22(18-6-4-12-28-14-18)24(23)26(30)20-10-8-16(2)32-20/h3-14,21-24H,1-2H3/t21-,22-,23+,24+/m1/s1. The van der Waals surface area contributed by atoms with E-state index in [0.29, 0.717) is 9.75 Å². The minimum Gasteiger partial charge on any atom is -0.293 e. The summed E-state index contributed by atoms with van der Waals surface area (Å²) in [5.74, 6) is -1.03. The summed E-state index contributed by atoms with van der Waals surface area (Å²) in [5, 5.41) is 0. The van der Waals surface area contributed by atoms with Crippen LogP contribution < -0.4 is 0 Å². The molecule has 6 heteroatoms. The molecule has 0 aliphatic heterocycles. The summed E-state index contributed by atoms with van der Waals surface area (Å²) in [4.78, 5) is 39.8. The summed E-state index contributed by atoms with van der Waals surface area (Å²) in [5.41, 5.74) is 1.97. The summed E-state index contributed by atoms with van der Waals surface area (Å²) in [6, 6.07) is 15.5. The quantitative estimate of drug-likeness (QED) is 0.328. The number of ketones is 2. The van der Waals surface area contributed by atoms with Gasteiger partial charge in [0.05, 0.1) is 9.75 Å². The zero-order valence-electron chi connectivity index (χ0n) is 17.8. The van der Waals surface area contributed by atoms with E-state index >= 15 is 0 Å². The molecule has 160 valence electrons. The minimum absolute atomic E-state index is 0.0451. The van der Waals surface area contributed by atoms with Crippen LogP contribution in [0, 0.1) is 25.7 Å². The van der Waals surface area contributed by atoms with Gasteiger partial charge in [0, 0.05) is 58.2 Å². The van der Waals surface area contributed by atoms with Crippen molar-refractivity contribution in [1.29, 1.82) is 0 Å². The van der Waals surface area contributed by atoms with Crippen LogP contribution in [0.2, 0.25) is 0 Å². The number of thiophene rings is 2. The van der Waals surface area contributed by atoms with Crippen LogP contribution in [-0.4, -0.2) is 21.5 Å². The second-order valence-electron chi connectivity index (χ2n) is 8.22. The topological polar surface area (TPSA) is 59.9 Å². The van der Waals surface area contributed by atoms with Crippen LogP contribution in [0.1, 0.15) is 52.1 Å². The number of hydrogen-bond donors (Lipinski definition) is 0. The van der Waals surface area contributed by atoms with Crippen molar-refractivity contribution < 1.29 is 9.59 Å². The van der Waals surface area contributed by atoms with Crippen molar-refractivity contribution >= 4 is 34.2 Å². The van der Waals surface area contributed by atoms with E-state index in [0.717, 1.165) is 20.9 Å². The number of rotatable bonds is 6. The van der Waals surface area contributed by atoms with Crippen molar-refractivity contribution in [3.63, 3.8) is 0 Å². The second-order valence-corrected chi connectivity index (χ2v) is 10.8. The van der Waals surface area contributed by atoms with Crippen LogP contribution in [0.5, 0.6) is 0 Å². The summed E-state index contributed by atoms with van der Waals surface area (Å²) < 4.78 is 0. The molecule has 5 rings (SSSR count). The van der Waals surface area contributed by atoms with E-state index in [9.17, 15) is 9.59 Å². The lowest BCUT2D eigenvalue weighted by molar-refractivity contribution is 0.0460. The Labute approximate surface area is 195 Å². The van der Waals surface area contributed by atoms with Crippen LogP contribution in [0.25, 0.3) is 0 Å². The summed E-state index contributed by atoms with van der Waals surface area (Å²) in [6.45, 7) is 3.99. The molecule has 1 saturated carbocycles. The SMILES string of the molecule is Cc1ccc(C(=O)[C@@H]2[C@@H](C(=O)c3ccc(C)s3)[C@H](c3cccnc3)[C@H]2c2cccnc2)s1. The van der Waals surface area contributed by atoms with Gasteiger partial charge in [-0.25, -0.2) is 0 Å². The number of carbonyl (C=O) groups excluding carboxylic acids is 2. The smallest absolute Gasteiger partial charge is 0.177 e. The van der Waals surface area contributed by atoms with Gasteiger partial charge in [-0.15, -0.1) is 22.7 Å². The van der Waals surface area contributed by atoms with Gasteiger partial charge in [0.1, 0.15) is 0 Å². The van der Waals surface area contributed by atoms with Crippen molar-refractivity contribution in [2.24, 2.45) is 11.8 Å². The van der Waals surface area contributed by atoms with Crippen molar-refractivity contribution in [1.82, 2.24) is 9.97 Å². The lowest BCUT2D eigenvalue weighted by Gasteiger charge is -2.50. The van der Waals surface area contributed by atoms with Gasteiger partial charge in [0.2, 0.25) is 0 Å². The zero-order valence-corrected chi connectivity index (χ0v) is 19.4. The third-order valence-electron chi connectivity index (χ3n) is 6.26. The second kappa shape index (κ2) is 8.52.